The molecule has 2 nitrogen and oxygen atoms in total. The Balaban J connectivity index is 1.89. The highest BCUT2D eigenvalue weighted by Crippen LogP contribution is 2.26. The van der Waals surface area contributed by atoms with Crippen molar-refractivity contribution in [3.63, 3.8) is 0 Å². The minimum atomic E-state index is 0.840. The maximum absolute atomic E-state index is 4.51. The van der Waals surface area contributed by atoms with Crippen LogP contribution < -0.4 is 5.32 Å². The van der Waals surface area contributed by atoms with E-state index in [4.69, 9.17) is 0 Å². The molecule has 3 rings (SSSR count). The van der Waals surface area contributed by atoms with E-state index >= 15 is 0 Å². The number of pyridine rings is 1. The van der Waals surface area contributed by atoms with Crippen LogP contribution in [0.1, 0.15) is 15.3 Å². The summed E-state index contributed by atoms with van der Waals surface area (Å²) in [5, 5.41) is 4.65. The molecule has 0 spiro atoms. The van der Waals surface area contributed by atoms with Crippen molar-refractivity contribution in [1.29, 1.82) is 0 Å². The molecule has 20 heavy (non-hydrogen) atoms. The Kier molecular flexibility index (Phi) is 3.76. The minimum absolute atomic E-state index is 0.840. The van der Waals surface area contributed by atoms with Gasteiger partial charge in [0.1, 0.15) is 0 Å². The molecule has 0 atom stereocenters. The Morgan fingerprint density at radius 1 is 1.25 bits per heavy atom. The highest BCUT2D eigenvalue weighted by atomic mass is 79.9. The molecular formula is C16H15BrN2S. The van der Waals surface area contributed by atoms with Gasteiger partial charge in [-0.3, -0.25) is 4.98 Å². The summed E-state index contributed by atoms with van der Waals surface area (Å²) >= 11 is 5.31. The lowest BCUT2D eigenvalue weighted by atomic mass is 10.2. The molecule has 0 saturated heterocycles. The second-order valence-corrected chi connectivity index (χ2v) is 7.20. The van der Waals surface area contributed by atoms with Crippen molar-refractivity contribution >= 4 is 43.9 Å². The van der Waals surface area contributed by atoms with E-state index in [1.165, 1.54) is 15.3 Å². The summed E-state index contributed by atoms with van der Waals surface area (Å²) in [6, 6.07) is 10.6. The zero-order valence-corrected chi connectivity index (χ0v) is 13.8. The van der Waals surface area contributed by atoms with Gasteiger partial charge in [0.25, 0.3) is 0 Å². The summed E-state index contributed by atoms with van der Waals surface area (Å²) in [5.74, 6) is 0. The van der Waals surface area contributed by atoms with Gasteiger partial charge in [-0.2, -0.15) is 0 Å². The van der Waals surface area contributed by atoms with Gasteiger partial charge in [-0.25, -0.2) is 0 Å². The van der Waals surface area contributed by atoms with E-state index in [-0.39, 0.29) is 0 Å². The van der Waals surface area contributed by atoms with Crippen LogP contribution in [0.15, 0.2) is 41.0 Å². The summed E-state index contributed by atoms with van der Waals surface area (Å²) in [6.07, 6.45) is 1.84. The Labute approximate surface area is 131 Å². The van der Waals surface area contributed by atoms with E-state index in [2.05, 4.69) is 70.4 Å². The van der Waals surface area contributed by atoms with Crippen LogP contribution in [-0.4, -0.2) is 4.98 Å². The highest BCUT2D eigenvalue weighted by molar-refractivity contribution is 9.10. The fourth-order valence-corrected chi connectivity index (χ4v) is 3.62. The number of aromatic nitrogens is 1. The number of hydrogen-bond acceptors (Lipinski definition) is 3. The first-order valence-corrected chi connectivity index (χ1v) is 8.08. The van der Waals surface area contributed by atoms with E-state index < -0.39 is 0 Å². The average molecular weight is 347 g/mol. The molecule has 3 aromatic rings. The Hall–Kier alpha value is -1.39. The number of nitrogens with zero attached hydrogens (tertiary/aromatic N) is 1. The Morgan fingerprint density at radius 3 is 2.85 bits per heavy atom. The molecule has 2 heterocycles. The molecule has 0 aliphatic rings. The van der Waals surface area contributed by atoms with Crippen molar-refractivity contribution in [1.82, 2.24) is 4.98 Å². The third-order valence-electron chi connectivity index (χ3n) is 3.29. The number of anilines is 1. The maximum atomic E-state index is 4.51. The van der Waals surface area contributed by atoms with E-state index in [0.717, 1.165) is 27.6 Å². The summed E-state index contributed by atoms with van der Waals surface area (Å²) in [4.78, 5) is 7.25. The number of halogens is 1. The van der Waals surface area contributed by atoms with Crippen molar-refractivity contribution in [3.8, 4) is 0 Å². The topological polar surface area (TPSA) is 24.9 Å². The lowest BCUT2D eigenvalue weighted by Crippen LogP contribution is -2.00. The van der Waals surface area contributed by atoms with Crippen molar-refractivity contribution in [3.05, 3.63) is 56.3 Å². The summed E-state index contributed by atoms with van der Waals surface area (Å²) < 4.78 is 1.01. The largest absolute Gasteiger partial charge is 0.379 e. The van der Waals surface area contributed by atoms with Crippen molar-refractivity contribution in [2.45, 2.75) is 20.4 Å². The predicted molar refractivity (Wildman–Crippen MR) is 90.6 cm³/mol. The first-order valence-electron chi connectivity index (χ1n) is 6.47. The smallest absolute Gasteiger partial charge is 0.0934 e. The van der Waals surface area contributed by atoms with Crippen molar-refractivity contribution in [2.75, 3.05) is 5.32 Å². The molecule has 0 aliphatic heterocycles. The number of fused-ring (bicyclic) bond motifs is 1. The first kappa shape index (κ1) is 13.6. The quantitative estimate of drug-likeness (QED) is 0.697. The van der Waals surface area contributed by atoms with Crippen molar-refractivity contribution < 1.29 is 0 Å². The van der Waals surface area contributed by atoms with Gasteiger partial charge < -0.3 is 5.32 Å². The second kappa shape index (κ2) is 5.54. The molecule has 4 heteroatoms. The summed E-state index contributed by atoms with van der Waals surface area (Å²) in [6.45, 7) is 5.17. The maximum Gasteiger partial charge on any atom is 0.0934 e. The number of hydrogen-bond donors (Lipinski definition) is 1. The lowest BCUT2D eigenvalue weighted by Gasteiger charge is -2.09. The molecule has 0 unspecified atom stereocenters. The van der Waals surface area contributed by atoms with E-state index in [0.29, 0.717) is 0 Å². The van der Waals surface area contributed by atoms with E-state index in [1.54, 1.807) is 0 Å². The molecule has 102 valence electrons. The van der Waals surface area contributed by atoms with Gasteiger partial charge in [0.05, 0.1) is 11.2 Å². The zero-order valence-electron chi connectivity index (χ0n) is 11.4. The fraction of sp³-hybridized carbons (Fsp3) is 0.188. The van der Waals surface area contributed by atoms with Gasteiger partial charge in [0.15, 0.2) is 0 Å². The normalized spacial score (nSPS) is 10.9. The average Bonchev–Trinajstić information content (AvgIpc) is 2.74. The molecule has 0 fully saturated rings. The van der Waals surface area contributed by atoms with Gasteiger partial charge in [-0.15, -0.1) is 11.3 Å². The van der Waals surface area contributed by atoms with Crippen LogP contribution in [0.25, 0.3) is 10.9 Å². The molecular weight excluding hydrogens is 332 g/mol. The molecule has 0 bridgehead atoms. The number of benzene rings is 1. The molecule has 1 N–H and O–H groups in total. The number of aryl methyl sites for hydroxylation is 2. The Bertz CT molecular complexity index is 764. The van der Waals surface area contributed by atoms with Crippen LogP contribution in [0.3, 0.4) is 0 Å². The number of thiophene rings is 1. The molecule has 0 saturated carbocycles. The van der Waals surface area contributed by atoms with Gasteiger partial charge in [0, 0.05) is 32.4 Å². The fourth-order valence-electron chi connectivity index (χ4n) is 2.33. The molecule has 2 aromatic heterocycles. The van der Waals surface area contributed by atoms with Gasteiger partial charge in [-0.05, 0) is 53.5 Å². The van der Waals surface area contributed by atoms with Crippen molar-refractivity contribution in [2.24, 2.45) is 0 Å². The Morgan fingerprint density at radius 2 is 2.10 bits per heavy atom. The van der Waals surface area contributed by atoms with Gasteiger partial charge in [0.2, 0.25) is 0 Å². The number of nitrogens with one attached hydrogen (secondary N) is 1. The first-order chi connectivity index (χ1) is 9.63. The lowest BCUT2D eigenvalue weighted by molar-refractivity contribution is 1.14. The standard InChI is InChI=1S/C16H15BrN2S/c1-10-6-13(11(2)20-10)8-18-15-5-3-4-12-7-14(17)9-19-16(12)15/h3-7,9,18H,8H2,1-2H3. The summed E-state index contributed by atoms with van der Waals surface area (Å²) in [5.41, 5.74) is 3.46. The van der Waals surface area contributed by atoms with E-state index in [9.17, 15) is 0 Å². The molecule has 0 aliphatic carbocycles. The molecule has 0 radical (unpaired) electrons. The highest BCUT2D eigenvalue weighted by Gasteiger charge is 2.05. The second-order valence-electron chi connectivity index (χ2n) is 4.82. The van der Waals surface area contributed by atoms with Gasteiger partial charge >= 0.3 is 0 Å². The summed E-state index contributed by atoms with van der Waals surface area (Å²) in [7, 11) is 0. The SMILES string of the molecule is Cc1cc(CNc2cccc3cc(Br)cnc23)c(C)s1. The third-order valence-corrected chi connectivity index (χ3v) is 4.73. The van der Waals surface area contributed by atoms with Gasteiger partial charge in [-0.1, -0.05) is 12.1 Å². The third kappa shape index (κ3) is 2.72. The van der Waals surface area contributed by atoms with Crippen LogP contribution in [0.4, 0.5) is 5.69 Å². The zero-order chi connectivity index (χ0) is 14.1. The minimum Gasteiger partial charge on any atom is -0.379 e. The van der Waals surface area contributed by atoms with Crippen LogP contribution in [0.5, 0.6) is 0 Å². The number of para-hydroxylation sites is 1. The predicted octanol–water partition coefficient (Wildman–Crippen LogP) is 5.29. The molecule has 1 aromatic carbocycles. The molecule has 0 amide bonds. The number of rotatable bonds is 3. The van der Waals surface area contributed by atoms with E-state index in [1.807, 2.05) is 17.5 Å². The van der Waals surface area contributed by atoms with Crippen LogP contribution in [-0.2, 0) is 6.54 Å². The van der Waals surface area contributed by atoms with Crippen LogP contribution in [0.2, 0.25) is 0 Å². The van der Waals surface area contributed by atoms with Crippen LogP contribution in [0, 0.1) is 13.8 Å². The van der Waals surface area contributed by atoms with Crippen LogP contribution >= 0.6 is 27.3 Å². The monoisotopic (exact) mass is 346 g/mol.